The molecule has 1 aromatic carbocycles. The Kier molecular flexibility index (Phi) is 6.87. The number of hydrogen-bond acceptors (Lipinski definition) is 8. The highest BCUT2D eigenvalue weighted by atomic mass is 16.5. The van der Waals surface area contributed by atoms with E-state index in [-0.39, 0.29) is 0 Å². The number of aromatic nitrogens is 4. The highest BCUT2D eigenvalue weighted by molar-refractivity contribution is 5.84. The summed E-state index contributed by atoms with van der Waals surface area (Å²) in [4.78, 5) is 19.3. The van der Waals surface area contributed by atoms with Crippen molar-refractivity contribution in [1.82, 2.24) is 24.8 Å². The maximum Gasteiger partial charge on any atom is 0.231 e. The molecule has 0 atom stereocenters. The van der Waals surface area contributed by atoms with Crippen molar-refractivity contribution in [2.24, 2.45) is 0 Å². The summed E-state index contributed by atoms with van der Waals surface area (Å²) in [5.41, 5.74) is 3.55. The number of morpholine rings is 1. The van der Waals surface area contributed by atoms with E-state index in [2.05, 4.69) is 43.5 Å². The summed E-state index contributed by atoms with van der Waals surface area (Å²) in [5.74, 6) is 2.21. The van der Waals surface area contributed by atoms with Crippen molar-refractivity contribution in [1.29, 1.82) is 0 Å². The molecule has 3 aromatic rings. The SMILES string of the molecule is Cc1cc(OCCN2CCOCC2)ccc1Nc1nc(NC2CCCCC2)c2nc[nH]c2n1. The monoisotopic (exact) mass is 451 g/mol. The van der Waals surface area contributed by atoms with Crippen molar-refractivity contribution in [2.75, 3.05) is 50.1 Å². The van der Waals surface area contributed by atoms with Crippen molar-refractivity contribution in [3.05, 3.63) is 30.1 Å². The number of nitrogens with one attached hydrogen (secondary N) is 3. The molecule has 176 valence electrons. The second-order valence-corrected chi connectivity index (χ2v) is 8.88. The fourth-order valence-electron chi connectivity index (χ4n) is 4.54. The Hall–Kier alpha value is -2.91. The Morgan fingerprint density at radius 2 is 2.00 bits per heavy atom. The molecule has 2 fully saturated rings. The number of nitrogens with zero attached hydrogens (tertiary/aromatic N) is 4. The smallest absolute Gasteiger partial charge is 0.231 e. The lowest BCUT2D eigenvalue weighted by Crippen LogP contribution is -2.38. The lowest BCUT2D eigenvalue weighted by Gasteiger charge is -2.26. The van der Waals surface area contributed by atoms with Crippen LogP contribution in [-0.2, 0) is 4.74 Å². The van der Waals surface area contributed by atoms with Gasteiger partial charge in [0, 0.05) is 31.4 Å². The average Bonchev–Trinajstić information content (AvgIpc) is 3.31. The third-order valence-corrected chi connectivity index (χ3v) is 6.45. The molecule has 0 amide bonds. The van der Waals surface area contributed by atoms with E-state index in [1.54, 1.807) is 6.33 Å². The number of aryl methyl sites for hydroxylation is 1. The zero-order chi connectivity index (χ0) is 22.5. The average molecular weight is 452 g/mol. The van der Waals surface area contributed by atoms with Crippen molar-refractivity contribution in [2.45, 2.75) is 45.1 Å². The van der Waals surface area contributed by atoms with Crippen LogP contribution in [0.25, 0.3) is 11.2 Å². The molecular weight excluding hydrogens is 418 g/mol. The number of benzene rings is 1. The lowest BCUT2D eigenvalue weighted by molar-refractivity contribution is 0.0322. The highest BCUT2D eigenvalue weighted by Gasteiger charge is 2.18. The van der Waals surface area contributed by atoms with Gasteiger partial charge in [0.25, 0.3) is 0 Å². The maximum absolute atomic E-state index is 5.98. The van der Waals surface area contributed by atoms with Gasteiger partial charge in [0.1, 0.15) is 17.9 Å². The first-order valence-electron chi connectivity index (χ1n) is 12.0. The summed E-state index contributed by atoms with van der Waals surface area (Å²) in [6, 6.07) is 6.51. The predicted molar refractivity (Wildman–Crippen MR) is 129 cm³/mol. The van der Waals surface area contributed by atoms with E-state index in [0.717, 1.165) is 66.8 Å². The minimum atomic E-state index is 0.442. The van der Waals surface area contributed by atoms with E-state index in [0.29, 0.717) is 18.6 Å². The summed E-state index contributed by atoms with van der Waals surface area (Å²) < 4.78 is 11.4. The zero-order valence-electron chi connectivity index (χ0n) is 19.3. The zero-order valence-corrected chi connectivity index (χ0v) is 19.3. The molecule has 1 saturated carbocycles. The summed E-state index contributed by atoms with van der Waals surface area (Å²) in [6.45, 7) is 7.22. The van der Waals surface area contributed by atoms with E-state index in [4.69, 9.17) is 14.5 Å². The summed E-state index contributed by atoms with van der Waals surface area (Å²) in [7, 11) is 0. The Morgan fingerprint density at radius 1 is 1.15 bits per heavy atom. The molecule has 0 radical (unpaired) electrons. The Morgan fingerprint density at radius 3 is 2.82 bits per heavy atom. The van der Waals surface area contributed by atoms with Crippen molar-refractivity contribution >= 4 is 28.6 Å². The molecule has 0 spiro atoms. The molecule has 2 aliphatic rings. The van der Waals surface area contributed by atoms with E-state index in [9.17, 15) is 0 Å². The third-order valence-electron chi connectivity index (χ3n) is 6.45. The number of anilines is 3. The fraction of sp³-hybridized carbons (Fsp3) is 0.542. The maximum atomic E-state index is 5.98. The largest absolute Gasteiger partial charge is 0.492 e. The Bertz CT molecular complexity index is 1060. The van der Waals surface area contributed by atoms with Gasteiger partial charge < -0.3 is 25.1 Å². The van der Waals surface area contributed by atoms with Gasteiger partial charge in [-0.3, -0.25) is 4.90 Å². The van der Waals surface area contributed by atoms with E-state index >= 15 is 0 Å². The molecule has 3 N–H and O–H groups in total. The third kappa shape index (κ3) is 5.54. The van der Waals surface area contributed by atoms with E-state index < -0.39 is 0 Å². The summed E-state index contributed by atoms with van der Waals surface area (Å²) >= 11 is 0. The minimum Gasteiger partial charge on any atom is -0.492 e. The number of H-pyrrole nitrogens is 1. The van der Waals surface area contributed by atoms with Gasteiger partial charge in [-0.2, -0.15) is 9.97 Å². The lowest BCUT2D eigenvalue weighted by atomic mass is 9.95. The van der Waals surface area contributed by atoms with Crippen LogP contribution >= 0.6 is 0 Å². The first kappa shape index (κ1) is 21.9. The molecule has 33 heavy (non-hydrogen) atoms. The standard InChI is InChI=1S/C24H33N7O2/c1-17-15-19(33-14-11-31-9-12-32-13-10-31)7-8-20(17)28-24-29-22-21(25-16-26-22)23(30-24)27-18-5-3-2-4-6-18/h7-8,15-16,18H,2-6,9-14H2,1H3,(H3,25,26,27,28,29,30). The van der Waals surface area contributed by atoms with Crippen molar-refractivity contribution in [3.8, 4) is 5.75 Å². The number of fused-ring (bicyclic) bond motifs is 1. The Balaban J connectivity index is 1.25. The van der Waals surface area contributed by atoms with E-state index in [1.807, 2.05) is 12.1 Å². The second kappa shape index (κ2) is 10.4. The Labute approximate surface area is 194 Å². The van der Waals surface area contributed by atoms with Crippen LogP contribution in [0.1, 0.15) is 37.7 Å². The van der Waals surface area contributed by atoms with Crippen molar-refractivity contribution in [3.63, 3.8) is 0 Å². The van der Waals surface area contributed by atoms with Gasteiger partial charge in [-0.15, -0.1) is 0 Å². The van der Waals surface area contributed by atoms with Gasteiger partial charge in [-0.05, 0) is 43.5 Å². The van der Waals surface area contributed by atoms with Gasteiger partial charge in [0.05, 0.1) is 19.5 Å². The van der Waals surface area contributed by atoms with Crippen LogP contribution in [-0.4, -0.2) is 70.3 Å². The number of imidazole rings is 1. The number of hydrogen-bond donors (Lipinski definition) is 3. The molecule has 1 aliphatic heterocycles. The molecule has 2 aromatic heterocycles. The fourth-order valence-corrected chi connectivity index (χ4v) is 4.54. The van der Waals surface area contributed by atoms with Gasteiger partial charge in [0.15, 0.2) is 11.5 Å². The number of aromatic amines is 1. The second-order valence-electron chi connectivity index (χ2n) is 8.88. The molecule has 1 saturated heterocycles. The van der Waals surface area contributed by atoms with Crippen LogP contribution in [0.5, 0.6) is 5.75 Å². The molecule has 3 heterocycles. The summed E-state index contributed by atoms with van der Waals surface area (Å²) in [6.07, 6.45) is 7.85. The molecular formula is C24H33N7O2. The first-order chi connectivity index (χ1) is 16.2. The number of rotatable bonds is 8. The minimum absolute atomic E-state index is 0.442. The van der Waals surface area contributed by atoms with Crippen LogP contribution in [0.4, 0.5) is 17.5 Å². The van der Waals surface area contributed by atoms with Crippen LogP contribution in [0.15, 0.2) is 24.5 Å². The van der Waals surface area contributed by atoms with Gasteiger partial charge in [-0.25, -0.2) is 4.98 Å². The topological polar surface area (TPSA) is 100 Å². The van der Waals surface area contributed by atoms with Gasteiger partial charge in [-0.1, -0.05) is 19.3 Å². The quantitative estimate of drug-likeness (QED) is 0.475. The van der Waals surface area contributed by atoms with Crippen LogP contribution < -0.4 is 15.4 Å². The molecule has 9 nitrogen and oxygen atoms in total. The van der Waals surface area contributed by atoms with Crippen LogP contribution in [0.2, 0.25) is 0 Å². The van der Waals surface area contributed by atoms with Gasteiger partial charge >= 0.3 is 0 Å². The van der Waals surface area contributed by atoms with E-state index in [1.165, 1.54) is 32.1 Å². The molecule has 0 unspecified atom stereocenters. The van der Waals surface area contributed by atoms with Gasteiger partial charge in [0.2, 0.25) is 5.95 Å². The van der Waals surface area contributed by atoms with Crippen molar-refractivity contribution < 1.29 is 9.47 Å². The molecule has 1 aliphatic carbocycles. The van der Waals surface area contributed by atoms with Crippen LogP contribution in [0.3, 0.4) is 0 Å². The summed E-state index contributed by atoms with van der Waals surface area (Å²) in [5, 5.41) is 6.98. The molecule has 0 bridgehead atoms. The predicted octanol–water partition coefficient (Wildman–Crippen LogP) is 3.86. The number of ether oxygens (including phenoxy) is 2. The van der Waals surface area contributed by atoms with Crippen LogP contribution in [0, 0.1) is 6.92 Å². The highest BCUT2D eigenvalue weighted by Crippen LogP contribution is 2.28. The first-order valence-corrected chi connectivity index (χ1v) is 12.0. The molecule has 5 rings (SSSR count). The normalized spacial score (nSPS) is 17.8. The molecule has 9 heteroatoms.